The Morgan fingerprint density at radius 3 is 2.56 bits per heavy atom. The first-order valence-electron chi connectivity index (χ1n) is 5.67. The molecule has 1 heterocycles. The minimum absolute atomic E-state index is 0.322. The lowest BCUT2D eigenvalue weighted by Gasteiger charge is -2.25. The highest BCUT2D eigenvalue weighted by Crippen LogP contribution is 2.34. The fraction of sp³-hybridized carbons (Fsp3) is 0.308. The molecule has 5 heteroatoms. The Hall–Kier alpha value is -1.20. The van der Waals surface area contributed by atoms with Crippen LogP contribution in [0.15, 0.2) is 34.9 Å². The first kappa shape index (κ1) is 13.2. The number of halogens is 2. The average Bonchev–Trinajstić information content (AvgIpc) is 2.71. The van der Waals surface area contributed by atoms with Gasteiger partial charge in [-0.15, -0.1) is 0 Å². The van der Waals surface area contributed by atoms with Crippen LogP contribution in [0.1, 0.15) is 25.1 Å². The van der Waals surface area contributed by atoms with Gasteiger partial charge in [0, 0.05) is 6.54 Å². The molecule has 1 aromatic heterocycles. The van der Waals surface area contributed by atoms with Gasteiger partial charge >= 0.3 is 0 Å². The third-order valence-electron chi connectivity index (χ3n) is 2.96. The summed E-state index contributed by atoms with van der Waals surface area (Å²) in [6.45, 7) is 4.27. The standard InChI is InChI=1S/C13H14BrFN2O/c1-3-17-12(11(14)8-16-17)13(2,18)9-4-6-10(15)7-5-9/h4-8,18H,3H2,1-2H3. The van der Waals surface area contributed by atoms with Gasteiger partial charge in [0.1, 0.15) is 11.4 Å². The van der Waals surface area contributed by atoms with Crippen LogP contribution in [-0.2, 0) is 12.1 Å². The number of rotatable bonds is 3. The maximum Gasteiger partial charge on any atom is 0.129 e. The number of aliphatic hydroxyl groups is 1. The van der Waals surface area contributed by atoms with E-state index >= 15 is 0 Å². The Morgan fingerprint density at radius 2 is 2.00 bits per heavy atom. The zero-order valence-corrected chi connectivity index (χ0v) is 11.8. The lowest BCUT2D eigenvalue weighted by atomic mass is 9.92. The molecule has 2 rings (SSSR count). The Bertz CT molecular complexity index is 549. The minimum Gasteiger partial charge on any atom is -0.379 e. The second kappa shape index (κ2) is 4.82. The highest BCUT2D eigenvalue weighted by Gasteiger charge is 2.31. The van der Waals surface area contributed by atoms with E-state index in [2.05, 4.69) is 21.0 Å². The van der Waals surface area contributed by atoms with E-state index in [0.717, 1.165) is 4.47 Å². The van der Waals surface area contributed by atoms with Gasteiger partial charge in [0.15, 0.2) is 0 Å². The van der Waals surface area contributed by atoms with Gasteiger partial charge in [0.2, 0.25) is 0 Å². The predicted octanol–water partition coefficient (Wildman–Crippen LogP) is 3.06. The summed E-state index contributed by atoms with van der Waals surface area (Å²) in [5.74, 6) is -0.322. The normalized spacial score (nSPS) is 14.5. The van der Waals surface area contributed by atoms with Crippen molar-refractivity contribution in [3.63, 3.8) is 0 Å². The first-order valence-corrected chi connectivity index (χ1v) is 6.46. The van der Waals surface area contributed by atoms with Crippen molar-refractivity contribution in [2.24, 2.45) is 0 Å². The molecular weight excluding hydrogens is 299 g/mol. The van der Waals surface area contributed by atoms with E-state index in [1.165, 1.54) is 12.1 Å². The van der Waals surface area contributed by atoms with E-state index in [1.54, 1.807) is 29.9 Å². The third kappa shape index (κ3) is 2.20. The molecule has 0 saturated heterocycles. The summed E-state index contributed by atoms with van der Waals surface area (Å²) in [7, 11) is 0. The van der Waals surface area contributed by atoms with Crippen molar-refractivity contribution in [2.75, 3.05) is 0 Å². The summed E-state index contributed by atoms with van der Waals surface area (Å²) >= 11 is 3.39. The maximum absolute atomic E-state index is 12.9. The van der Waals surface area contributed by atoms with Gasteiger partial charge in [-0.1, -0.05) is 12.1 Å². The second-order valence-corrected chi connectivity index (χ2v) is 5.09. The van der Waals surface area contributed by atoms with Gasteiger partial charge in [-0.05, 0) is 47.5 Å². The highest BCUT2D eigenvalue weighted by atomic mass is 79.9. The van der Waals surface area contributed by atoms with Crippen molar-refractivity contribution in [3.8, 4) is 0 Å². The molecule has 1 aromatic carbocycles. The van der Waals surface area contributed by atoms with Crippen molar-refractivity contribution < 1.29 is 9.50 Å². The molecule has 1 atom stereocenters. The van der Waals surface area contributed by atoms with E-state index < -0.39 is 5.60 Å². The van der Waals surface area contributed by atoms with Crippen LogP contribution in [0, 0.1) is 5.82 Å². The monoisotopic (exact) mass is 312 g/mol. The molecule has 1 N–H and O–H groups in total. The molecule has 0 radical (unpaired) electrons. The van der Waals surface area contributed by atoms with E-state index in [4.69, 9.17) is 0 Å². The smallest absolute Gasteiger partial charge is 0.129 e. The van der Waals surface area contributed by atoms with Gasteiger partial charge in [-0.25, -0.2) is 4.39 Å². The molecule has 0 bridgehead atoms. The highest BCUT2D eigenvalue weighted by molar-refractivity contribution is 9.10. The van der Waals surface area contributed by atoms with Gasteiger partial charge in [-0.2, -0.15) is 5.10 Å². The summed E-state index contributed by atoms with van der Waals surface area (Å²) in [5, 5.41) is 14.9. The fourth-order valence-corrected chi connectivity index (χ4v) is 2.68. The van der Waals surface area contributed by atoms with Crippen LogP contribution < -0.4 is 0 Å². The molecule has 3 nitrogen and oxygen atoms in total. The number of nitrogens with zero attached hydrogens (tertiary/aromatic N) is 2. The molecule has 0 aliphatic carbocycles. The van der Waals surface area contributed by atoms with E-state index in [1.807, 2.05) is 6.92 Å². The van der Waals surface area contributed by atoms with Crippen LogP contribution in [0.4, 0.5) is 4.39 Å². The van der Waals surface area contributed by atoms with E-state index in [0.29, 0.717) is 17.8 Å². The van der Waals surface area contributed by atoms with Crippen LogP contribution >= 0.6 is 15.9 Å². The Balaban J connectivity index is 2.53. The largest absolute Gasteiger partial charge is 0.379 e. The summed E-state index contributed by atoms with van der Waals surface area (Å²) in [5.41, 5.74) is 0.0652. The predicted molar refractivity (Wildman–Crippen MR) is 70.7 cm³/mol. The van der Waals surface area contributed by atoms with Crippen molar-refractivity contribution in [1.82, 2.24) is 9.78 Å². The summed E-state index contributed by atoms with van der Waals surface area (Å²) in [6.07, 6.45) is 1.65. The molecule has 96 valence electrons. The lowest BCUT2D eigenvalue weighted by molar-refractivity contribution is 0.0909. The van der Waals surface area contributed by atoms with E-state index in [9.17, 15) is 9.50 Å². The van der Waals surface area contributed by atoms with Crippen LogP contribution in [0.5, 0.6) is 0 Å². The summed E-state index contributed by atoms with van der Waals surface area (Å²) in [4.78, 5) is 0. The molecule has 0 amide bonds. The molecule has 18 heavy (non-hydrogen) atoms. The van der Waals surface area contributed by atoms with Crippen molar-refractivity contribution >= 4 is 15.9 Å². The zero-order valence-electron chi connectivity index (χ0n) is 10.2. The van der Waals surface area contributed by atoms with Gasteiger partial charge in [0.05, 0.1) is 16.4 Å². The second-order valence-electron chi connectivity index (χ2n) is 4.24. The molecular formula is C13H14BrFN2O. The quantitative estimate of drug-likeness (QED) is 0.946. The molecule has 0 spiro atoms. The maximum atomic E-state index is 12.9. The number of hydrogen-bond donors (Lipinski definition) is 1. The average molecular weight is 313 g/mol. The van der Waals surface area contributed by atoms with Crippen LogP contribution in [-0.4, -0.2) is 14.9 Å². The molecule has 0 aliphatic heterocycles. The number of aryl methyl sites for hydroxylation is 1. The van der Waals surface area contributed by atoms with E-state index in [-0.39, 0.29) is 5.82 Å². The van der Waals surface area contributed by atoms with Gasteiger partial charge < -0.3 is 5.11 Å². The number of aromatic nitrogens is 2. The van der Waals surface area contributed by atoms with Crippen LogP contribution in [0.2, 0.25) is 0 Å². The number of benzene rings is 1. The van der Waals surface area contributed by atoms with Crippen LogP contribution in [0.3, 0.4) is 0 Å². The molecule has 0 aliphatic rings. The number of hydrogen-bond acceptors (Lipinski definition) is 2. The minimum atomic E-state index is -1.22. The SMILES string of the molecule is CCn1ncc(Br)c1C(C)(O)c1ccc(F)cc1. The first-order chi connectivity index (χ1) is 8.46. The summed E-state index contributed by atoms with van der Waals surface area (Å²) < 4.78 is 15.4. The van der Waals surface area contributed by atoms with Crippen molar-refractivity contribution in [1.29, 1.82) is 0 Å². The lowest BCUT2D eigenvalue weighted by Crippen LogP contribution is -2.27. The Labute approximate surface area is 113 Å². The third-order valence-corrected chi connectivity index (χ3v) is 3.54. The topological polar surface area (TPSA) is 38.0 Å². The molecule has 0 fully saturated rings. The van der Waals surface area contributed by atoms with Crippen molar-refractivity contribution in [2.45, 2.75) is 26.0 Å². The molecule has 2 aromatic rings. The zero-order chi connectivity index (χ0) is 13.3. The Kier molecular flexibility index (Phi) is 3.54. The van der Waals surface area contributed by atoms with Crippen LogP contribution in [0.25, 0.3) is 0 Å². The summed E-state index contributed by atoms with van der Waals surface area (Å²) in [6, 6.07) is 5.83. The van der Waals surface area contributed by atoms with Gasteiger partial charge in [-0.3, -0.25) is 4.68 Å². The van der Waals surface area contributed by atoms with Gasteiger partial charge in [0.25, 0.3) is 0 Å². The fourth-order valence-electron chi connectivity index (χ4n) is 2.00. The Morgan fingerprint density at radius 1 is 1.39 bits per heavy atom. The molecule has 1 unspecified atom stereocenters. The molecule has 0 saturated carbocycles. The van der Waals surface area contributed by atoms with Crippen molar-refractivity contribution in [3.05, 3.63) is 52.0 Å².